The molecule has 4 aliphatic carbocycles. The molecule has 0 aromatic carbocycles. The van der Waals surface area contributed by atoms with Crippen LogP contribution in [0.1, 0.15) is 58.8 Å². The summed E-state index contributed by atoms with van der Waals surface area (Å²) >= 11 is 3.65. The van der Waals surface area contributed by atoms with E-state index in [0.717, 1.165) is 30.7 Å². The quantitative estimate of drug-likeness (QED) is 0.748. The molecule has 2 nitrogen and oxygen atoms in total. The second-order valence-electron chi connectivity index (χ2n) is 8.16. The minimum atomic E-state index is 0.289. The minimum Gasteiger partial charge on any atom is -0.355 e. The van der Waals surface area contributed by atoms with E-state index in [0.29, 0.717) is 16.2 Å². The zero-order valence-corrected chi connectivity index (χ0v) is 14.4. The predicted octanol–water partition coefficient (Wildman–Crippen LogP) is 4.13. The van der Waals surface area contributed by atoms with Gasteiger partial charge in [0.05, 0.1) is 0 Å². The molecule has 0 saturated heterocycles. The van der Waals surface area contributed by atoms with Crippen molar-refractivity contribution in [3.8, 4) is 0 Å². The van der Waals surface area contributed by atoms with Crippen molar-refractivity contribution in [3.63, 3.8) is 0 Å². The average Bonchev–Trinajstić information content (AvgIpc) is 2.33. The molecule has 4 saturated carbocycles. The molecular formula is C17H28BrNO. The molecule has 3 heteroatoms. The van der Waals surface area contributed by atoms with Gasteiger partial charge in [-0.05, 0) is 67.6 Å². The summed E-state index contributed by atoms with van der Waals surface area (Å²) in [5.74, 6) is 3.67. The monoisotopic (exact) mass is 341 g/mol. The summed E-state index contributed by atoms with van der Waals surface area (Å²) in [7, 11) is 0. The van der Waals surface area contributed by atoms with Crippen molar-refractivity contribution in [2.45, 2.75) is 63.6 Å². The van der Waals surface area contributed by atoms with E-state index in [9.17, 15) is 4.79 Å². The number of carbonyl (C=O) groups is 1. The Morgan fingerprint density at radius 1 is 1.15 bits per heavy atom. The fraction of sp³-hybridized carbons (Fsp3) is 0.941. The maximum absolute atomic E-state index is 12.3. The minimum absolute atomic E-state index is 0.289. The Morgan fingerprint density at radius 3 is 2.10 bits per heavy atom. The van der Waals surface area contributed by atoms with Gasteiger partial charge in [-0.25, -0.2) is 0 Å². The standard InChI is InChI=1S/C17H28BrNO/c1-11(2)15(18)10-19-16(20)9-17-6-12-3-13(7-17)5-14(4-12)8-17/h11-15H,3-10H2,1-2H3,(H,19,20). The molecule has 4 aliphatic rings. The Hall–Kier alpha value is -0.0500. The average molecular weight is 342 g/mol. The van der Waals surface area contributed by atoms with Crippen molar-refractivity contribution in [1.82, 2.24) is 5.32 Å². The van der Waals surface area contributed by atoms with Crippen LogP contribution >= 0.6 is 15.9 Å². The van der Waals surface area contributed by atoms with E-state index in [4.69, 9.17) is 0 Å². The van der Waals surface area contributed by atoms with Gasteiger partial charge in [0.25, 0.3) is 0 Å². The fourth-order valence-corrected chi connectivity index (χ4v) is 5.52. The number of alkyl halides is 1. The van der Waals surface area contributed by atoms with Crippen LogP contribution in [0.15, 0.2) is 0 Å². The third-order valence-corrected chi connectivity index (χ3v) is 7.30. The summed E-state index contributed by atoms with van der Waals surface area (Å²) in [6.07, 6.45) is 9.14. The molecule has 4 fully saturated rings. The molecule has 1 N–H and O–H groups in total. The van der Waals surface area contributed by atoms with E-state index >= 15 is 0 Å². The van der Waals surface area contributed by atoms with Gasteiger partial charge in [0.15, 0.2) is 0 Å². The smallest absolute Gasteiger partial charge is 0.220 e. The Morgan fingerprint density at radius 2 is 1.65 bits per heavy atom. The van der Waals surface area contributed by atoms with Crippen LogP contribution in [0.4, 0.5) is 0 Å². The van der Waals surface area contributed by atoms with Gasteiger partial charge in [-0.2, -0.15) is 0 Å². The van der Waals surface area contributed by atoms with E-state index in [1.54, 1.807) is 0 Å². The first-order valence-corrected chi connectivity index (χ1v) is 9.28. The molecule has 4 rings (SSSR count). The lowest BCUT2D eigenvalue weighted by atomic mass is 9.49. The van der Waals surface area contributed by atoms with E-state index in [1.165, 1.54) is 38.5 Å². The fourth-order valence-electron chi connectivity index (χ4n) is 5.36. The van der Waals surface area contributed by atoms with Crippen LogP contribution in [0, 0.1) is 29.1 Å². The largest absolute Gasteiger partial charge is 0.355 e. The van der Waals surface area contributed by atoms with E-state index in [1.807, 2.05) is 0 Å². The summed E-state index contributed by atoms with van der Waals surface area (Å²) in [4.78, 5) is 12.7. The van der Waals surface area contributed by atoms with Crippen LogP contribution in [0.25, 0.3) is 0 Å². The molecule has 0 aromatic rings. The molecule has 1 unspecified atom stereocenters. The number of halogens is 1. The Bertz CT molecular complexity index is 344. The van der Waals surface area contributed by atoms with Gasteiger partial charge >= 0.3 is 0 Å². The molecule has 0 aromatic heterocycles. The summed E-state index contributed by atoms with van der Waals surface area (Å²) in [5.41, 5.74) is 0.373. The molecule has 0 aliphatic heterocycles. The van der Waals surface area contributed by atoms with Gasteiger partial charge in [0.1, 0.15) is 0 Å². The van der Waals surface area contributed by atoms with Crippen molar-refractivity contribution in [1.29, 1.82) is 0 Å². The van der Waals surface area contributed by atoms with Crippen molar-refractivity contribution >= 4 is 21.8 Å². The summed E-state index contributed by atoms with van der Waals surface area (Å²) in [5, 5.41) is 3.15. The first-order chi connectivity index (χ1) is 9.46. The third-order valence-electron chi connectivity index (χ3n) is 5.92. The van der Waals surface area contributed by atoms with Gasteiger partial charge in [-0.15, -0.1) is 0 Å². The lowest BCUT2D eigenvalue weighted by Gasteiger charge is -2.56. The van der Waals surface area contributed by atoms with Crippen LogP contribution in [0.5, 0.6) is 0 Å². The number of amides is 1. The van der Waals surface area contributed by atoms with Crippen LogP contribution < -0.4 is 5.32 Å². The molecule has 114 valence electrons. The highest BCUT2D eigenvalue weighted by atomic mass is 79.9. The number of hydrogen-bond donors (Lipinski definition) is 1. The molecule has 0 heterocycles. The number of carbonyl (C=O) groups excluding carboxylic acids is 1. The SMILES string of the molecule is CC(C)C(Br)CNC(=O)CC12CC3CC(CC(C3)C1)C2. The Kier molecular flexibility index (Phi) is 4.18. The molecule has 20 heavy (non-hydrogen) atoms. The third kappa shape index (κ3) is 3.08. The summed E-state index contributed by atoms with van der Waals surface area (Å²) < 4.78 is 0. The highest BCUT2D eigenvalue weighted by Gasteiger charge is 2.51. The molecule has 1 atom stereocenters. The summed E-state index contributed by atoms with van der Waals surface area (Å²) in [6, 6.07) is 0. The van der Waals surface area contributed by atoms with Crippen molar-refractivity contribution in [3.05, 3.63) is 0 Å². The maximum Gasteiger partial charge on any atom is 0.220 e. The number of rotatable bonds is 5. The molecule has 1 amide bonds. The predicted molar refractivity (Wildman–Crippen MR) is 85.8 cm³/mol. The van der Waals surface area contributed by atoms with Gasteiger partial charge < -0.3 is 5.32 Å². The molecule has 0 spiro atoms. The molecule has 4 bridgehead atoms. The first kappa shape index (κ1) is 14.9. The lowest BCUT2D eigenvalue weighted by Crippen LogP contribution is -2.48. The first-order valence-electron chi connectivity index (χ1n) is 8.36. The highest BCUT2D eigenvalue weighted by Crippen LogP contribution is 2.61. The van der Waals surface area contributed by atoms with Crippen LogP contribution in [-0.2, 0) is 4.79 Å². The molecular weight excluding hydrogens is 314 g/mol. The van der Waals surface area contributed by atoms with Gasteiger partial charge in [0.2, 0.25) is 5.91 Å². The number of hydrogen-bond acceptors (Lipinski definition) is 1. The van der Waals surface area contributed by atoms with Crippen LogP contribution in [0.2, 0.25) is 0 Å². The van der Waals surface area contributed by atoms with E-state index in [2.05, 4.69) is 35.1 Å². The summed E-state index contributed by atoms with van der Waals surface area (Å²) in [6.45, 7) is 5.14. The highest BCUT2D eigenvalue weighted by molar-refractivity contribution is 9.09. The zero-order valence-electron chi connectivity index (χ0n) is 12.8. The number of nitrogens with one attached hydrogen (secondary N) is 1. The van der Waals surface area contributed by atoms with Crippen molar-refractivity contribution in [2.75, 3.05) is 6.54 Å². The molecule has 0 radical (unpaired) electrons. The topological polar surface area (TPSA) is 29.1 Å². The van der Waals surface area contributed by atoms with Crippen LogP contribution in [-0.4, -0.2) is 17.3 Å². The van der Waals surface area contributed by atoms with Gasteiger partial charge in [-0.1, -0.05) is 29.8 Å². The second-order valence-corrected chi connectivity index (χ2v) is 9.33. The zero-order chi connectivity index (χ0) is 14.3. The maximum atomic E-state index is 12.3. The van der Waals surface area contributed by atoms with Crippen LogP contribution in [0.3, 0.4) is 0 Å². The van der Waals surface area contributed by atoms with E-state index in [-0.39, 0.29) is 5.91 Å². The normalized spacial score (nSPS) is 40.1. The Balaban J connectivity index is 1.54. The lowest BCUT2D eigenvalue weighted by molar-refractivity contribution is -0.129. The van der Waals surface area contributed by atoms with Gasteiger partial charge in [-0.3, -0.25) is 4.79 Å². The second kappa shape index (κ2) is 5.62. The Labute approximate surface area is 131 Å². The van der Waals surface area contributed by atoms with E-state index < -0.39 is 0 Å². The van der Waals surface area contributed by atoms with Crippen molar-refractivity contribution in [2.24, 2.45) is 29.1 Å². The van der Waals surface area contributed by atoms with Crippen molar-refractivity contribution < 1.29 is 4.79 Å². The van der Waals surface area contributed by atoms with Gasteiger partial charge in [0, 0.05) is 17.8 Å².